The first-order valence-electron chi connectivity index (χ1n) is 3.98. The Balaban J connectivity index is 0. The van der Waals surface area contributed by atoms with Gasteiger partial charge in [-0.3, -0.25) is 9.59 Å². The van der Waals surface area contributed by atoms with E-state index in [1.807, 2.05) is 13.8 Å². The molecule has 0 aromatic carbocycles. The van der Waals surface area contributed by atoms with Crippen molar-refractivity contribution in [1.82, 2.24) is 5.32 Å². The first kappa shape index (κ1) is 13.5. The lowest BCUT2D eigenvalue weighted by molar-refractivity contribution is -0.142. The van der Waals surface area contributed by atoms with Crippen molar-refractivity contribution in [1.29, 1.82) is 0 Å². The molecule has 0 saturated carbocycles. The van der Waals surface area contributed by atoms with Crippen LogP contribution in [0.1, 0.15) is 26.7 Å². The number of ether oxygens (including phenoxy) is 1. The number of rotatable bonds is 3. The van der Waals surface area contributed by atoms with E-state index in [4.69, 9.17) is 0 Å². The summed E-state index contributed by atoms with van der Waals surface area (Å²) in [6.07, 6.45) is 0.347. The zero-order valence-corrected chi connectivity index (χ0v) is 8.14. The van der Waals surface area contributed by atoms with E-state index in [2.05, 4.69) is 10.1 Å². The Labute approximate surface area is 73.3 Å². The highest BCUT2D eigenvalue weighted by Crippen LogP contribution is 1.89. The van der Waals surface area contributed by atoms with Crippen molar-refractivity contribution in [3.63, 3.8) is 0 Å². The molecule has 72 valence electrons. The van der Waals surface area contributed by atoms with E-state index in [1.165, 1.54) is 14.2 Å². The van der Waals surface area contributed by atoms with Crippen LogP contribution in [0.2, 0.25) is 0 Å². The maximum atomic E-state index is 10.5. The number of carbonyl (C=O) groups is 2. The predicted molar refractivity (Wildman–Crippen MR) is 46.7 cm³/mol. The standard InChI is InChI=1S/C6H11NO3.C2H6/c1-7-5(8)3-4-6(9)10-2;1-2/h3-4H2,1-2H3,(H,7,8);1-2H3. The number of amides is 1. The van der Waals surface area contributed by atoms with Crippen LogP contribution >= 0.6 is 0 Å². The van der Waals surface area contributed by atoms with E-state index in [9.17, 15) is 9.59 Å². The quantitative estimate of drug-likeness (QED) is 0.643. The number of hydrogen-bond acceptors (Lipinski definition) is 3. The van der Waals surface area contributed by atoms with Crippen molar-refractivity contribution >= 4 is 11.9 Å². The maximum Gasteiger partial charge on any atom is 0.306 e. The Morgan fingerprint density at radius 3 is 2.08 bits per heavy atom. The Kier molecular flexibility index (Phi) is 11.2. The molecule has 0 fully saturated rings. The van der Waals surface area contributed by atoms with Crippen molar-refractivity contribution in [2.75, 3.05) is 14.2 Å². The van der Waals surface area contributed by atoms with Gasteiger partial charge >= 0.3 is 5.97 Å². The third-order valence-corrected chi connectivity index (χ3v) is 1.06. The zero-order valence-electron chi connectivity index (χ0n) is 8.14. The Morgan fingerprint density at radius 2 is 1.75 bits per heavy atom. The van der Waals surface area contributed by atoms with Crippen molar-refractivity contribution in [2.45, 2.75) is 26.7 Å². The summed E-state index contributed by atoms with van der Waals surface area (Å²) < 4.78 is 4.33. The second kappa shape index (κ2) is 9.94. The number of methoxy groups -OCH3 is 1. The van der Waals surface area contributed by atoms with E-state index < -0.39 is 0 Å². The highest BCUT2D eigenvalue weighted by Gasteiger charge is 2.03. The average molecular weight is 175 g/mol. The molecule has 1 N–H and O–H groups in total. The van der Waals surface area contributed by atoms with Gasteiger partial charge in [0.1, 0.15) is 0 Å². The number of nitrogens with one attached hydrogen (secondary N) is 1. The zero-order chi connectivity index (χ0) is 9.98. The normalized spacial score (nSPS) is 7.67. The van der Waals surface area contributed by atoms with Gasteiger partial charge in [0.2, 0.25) is 5.91 Å². The van der Waals surface area contributed by atoms with Crippen LogP contribution in [0.25, 0.3) is 0 Å². The Morgan fingerprint density at radius 1 is 1.25 bits per heavy atom. The molecule has 0 saturated heterocycles. The van der Waals surface area contributed by atoms with Crippen LogP contribution in [0, 0.1) is 0 Å². The topological polar surface area (TPSA) is 55.4 Å². The first-order chi connectivity index (χ1) is 5.70. The van der Waals surface area contributed by atoms with E-state index >= 15 is 0 Å². The van der Waals surface area contributed by atoms with E-state index in [0.29, 0.717) is 0 Å². The fourth-order valence-electron chi connectivity index (χ4n) is 0.443. The summed E-state index contributed by atoms with van der Waals surface area (Å²) in [5.41, 5.74) is 0. The third kappa shape index (κ3) is 8.94. The summed E-state index contributed by atoms with van der Waals surface area (Å²) >= 11 is 0. The van der Waals surface area contributed by atoms with Crippen LogP contribution in [0.15, 0.2) is 0 Å². The summed E-state index contributed by atoms with van der Waals surface area (Å²) in [6, 6.07) is 0. The van der Waals surface area contributed by atoms with Crippen LogP contribution < -0.4 is 5.32 Å². The second-order valence-electron chi connectivity index (χ2n) is 1.75. The molecule has 0 aliphatic carbocycles. The average Bonchev–Trinajstić information content (AvgIpc) is 2.16. The molecule has 0 bridgehead atoms. The molecule has 0 unspecified atom stereocenters. The third-order valence-electron chi connectivity index (χ3n) is 1.06. The largest absolute Gasteiger partial charge is 0.469 e. The molecule has 0 aromatic heterocycles. The molecule has 0 aromatic rings. The minimum Gasteiger partial charge on any atom is -0.469 e. The van der Waals surface area contributed by atoms with Gasteiger partial charge < -0.3 is 10.1 Å². The van der Waals surface area contributed by atoms with Crippen molar-refractivity contribution in [2.24, 2.45) is 0 Å². The predicted octanol–water partition coefficient (Wildman–Crippen LogP) is 0.712. The summed E-state index contributed by atoms with van der Waals surface area (Å²) in [6.45, 7) is 4.00. The Hall–Kier alpha value is -1.06. The van der Waals surface area contributed by atoms with Crippen LogP contribution in [0.3, 0.4) is 0 Å². The molecular formula is C8H17NO3. The molecule has 0 rings (SSSR count). The van der Waals surface area contributed by atoms with Gasteiger partial charge in [-0.1, -0.05) is 13.8 Å². The molecule has 1 amide bonds. The molecule has 0 aliphatic heterocycles. The SMILES string of the molecule is CC.CNC(=O)CCC(=O)OC. The lowest BCUT2D eigenvalue weighted by atomic mass is 10.3. The van der Waals surface area contributed by atoms with Gasteiger partial charge in [-0.2, -0.15) is 0 Å². The summed E-state index contributed by atoms with van der Waals surface area (Å²) in [5.74, 6) is -0.506. The highest BCUT2D eigenvalue weighted by atomic mass is 16.5. The molecule has 4 heteroatoms. The van der Waals surface area contributed by atoms with Crippen molar-refractivity contribution in [3.8, 4) is 0 Å². The van der Waals surface area contributed by atoms with Gasteiger partial charge in [0.25, 0.3) is 0 Å². The minimum atomic E-state index is -0.358. The molecule has 0 heterocycles. The maximum absolute atomic E-state index is 10.5. The lowest BCUT2D eigenvalue weighted by Crippen LogP contribution is -2.18. The first-order valence-corrected chi connectivity index (χ1v) is 3.98. The van der Waals surface area contributed by atoms with Gasteiger partial charge in [0.05, 0.1) is 13.5 Å². The van der Waals surface area contributed by atoms with Crippen molar-refractivity contribution < 1.29 is 14.3 Å². The summed E-state index contributed by atoms with van der Waals surface area (Å²) in [7, 11) is 2.83. The monoisotopic (exact) mass is 175 g/mol. The summed E-state index contributed by atoms with van der Waals surface area (Å²) in [4.78, 5) is 20.9. The molecule has 0 atom stereocenters. The fraction of sp³-hybridized carbons (Fsp3) is 0.750. The molecule has 0 aliphatic rings. The van der Waals surface area contributed by atoms with Crippen LogP contribution in [0.5, 0.6) is 0 Å². The van der Waals surface area contributed by atoms with E-state index in [-0.39, 0.29) is 24.7 Å². The van der Waals surface area contributed by atoms with Gasteiger partial charge in [-0.05, 0) is 0 Å². The minimum absolute atomic E-state index is 0.148. The summed E-state index contributed by atoms with van der Waals surface area (Å²) in [5, 5.41) is 2.40. The van der Waals surface area contributed by atoms with Gasteiger partial charge in [0, 0.05) is 13.5 Å². The highest BCUT2D eigenvalue weighted by molar-refractivity contribution is 5.80. The molecule has 4 nitrogen and oxygen atoms in total. The van der Waals surface area contributed by atoms with Gasteiger partial charge in [-0.15, -0.1) is 0 Å². The lowest BCUT2D eigenvalue weighted by Gasteiger charge is -1.97. The van der Waals surface area contributed by atoms with E-state index in [1.54, 1.807) is 0 Å². The van der Waals surface area contributed by atoms with Crippen LogP contribution in [0.4, 0.5) is 0 Å². The molecular weight excluding hydrogens is 158 g/mol. The van der Waals surface area contributed by atoms with Gasteiger partial charge in [-0.25, -0.2) is 0 Å². The number of carbonyl (C=O) groups excluding carboxylic acids is 2. The number of esters is 1. The fourth-order valence-corrected chi connectivity index (χ4v) is 0.443. The van der Waals surface area contributed by atoms with Gasteiger partial charge in [0.15, 0.2) is 0 Å². The van der Waals surface area contributed by atoms with Crippen LogP contribution in [-0.2, 0) is 14.3 Å². The smallest absolute Gasteiger partial charge is 0.306 e. The number of hydrogen-bond donors (Lipinski definition) is 1. The molecule has 0 radical (unpaired) electrons. The molecule has 12 heavy (non-hydrogen) atoms. The Bertz CT molecular complexity index is 118. The van der Waals surface area contributed by atoms with Crippen molar-refractivity contribution in [3.05, 3.63) is 0 Å². The van der Waals surface area contributed by atoms with E-state index in [0.717, 1.165) is 0 Å². The second-order valence-corrected chi connectivity index (χ2v) is 1.75. The molecule has 0 spiro atoms. The van der Waals surface area contributed by atoms with Crippen LogP contribution in [-0.4, -0.2) is 26.0 Å².